The monoisotopic (exact) mass is 307 g/mol. The van der Waals surface area contributed by atoms with Crippen LogP contribution in [0.4, 0.5) is 13.2 Å². The molecule has 1 atom stereocenters. The second kappa shape index (κ2) is 6.26. The number of halogens is 3. The number of hydrogen-bond acceptors (Lipinski definition) is 1. The summed E-state index contributed by atoms with van der Waals surface area (Å²) < 4.78 is 52.6. The molecule has 0 aromatic heterocycles. The highest BCUT2D eigenvalue weighted by Crippen LogP contribution is 2.32. The zero-order valence-corrected chi connectivity index (χ0v) is 12.9. The van der Waals surface area contributed by atoms with Crippen molar-refractivity contribution in [3.05, 3.63) is 34.9 Å². The molecule has 0 saturated carbocycles. The van der Waals surface area contributed by atoms with E-state index in [2.05, 4.69) is 4.72 Å². The molecule has 0 amide bonds. The highest BCUT2D eigenvalue weighted by Gasteiger charge is 2.32. The molecule has 1 rings (SSSR count). The van der Waals surface area contributed by atoms with Crippen molar-refractivity contribution in [1.82, 2.24) is 4.72 Å². The van der Waals surface area contributed by atoms with E-state index in [0.29, 0.717) is 18.5 Å². The first-order valence-electron chi connectivity index (χ1n) is 6.34. The van der Waals surface area contributed by atoms with Crippen molar-refractivity contribution < 1.29 is 17.4 Å². The zero-order chi connectivity index (χ0) is 15.6. The van der Waals surface area contributed by atoms with Crippen LogP contribution in [-0.4, -0.2) is 15.5 Å². The summed E-state index contributed by atoms with van der Waals surface area (Å²) in [5.74, 6) is 0. The van der Waals surface area contributed by atoms with Gasteiger partial charge in [-0.2, -0.15) is 13.2 Å². The molecule has 0 bridgehead atoms. The van der Waals surface area contributed by atoms with Gasteiger partial charge in [0, 0.05) is 6.54 Å². The summed E-state index contributed by atoms with van der Waals surface area (Å²) in [6.45, 7) is 7.37. The second-order valence-electron chi connectivity index (χ2n) is 5.61. The lowest BCUT2D eigenvalue weighted by atomic mass is 10.00. The maximum absolute atomic E-state index is 12.8. The molecule has 0 saturated heterocycles. The lowest BCUT2D eigenvalue weighted by Gasteiger charge is -2.18. The Morgan fingerprint density at radius 2 is 1.80 bits per heavy atom. The van der Waals surface area contributed by atoms with E-state index in [4.69, 9.17) is 0 Å². The Morgan fingerprint density at radius 1 is 1.20 bits per heavy atom. The van der Waals surface area contributed by atoms with E-state index in [1.165, 1.54) is 13.0 Å². The highest BCUT2D eigenvalue weighted by molar-refractivity contribution is 7.84. The molecule has 20 heavy (non-hydrogen) atoms. The molecule has 0 fully saturated rings. The van der Waals surface area contributed by atoms with Gasteiger partial charge < -0.3 is 0 Å². The van der Waals surface area contributed by atoms with E-state index in [1.807, 2.05) is 20.8 Å². The van der Waals surface area contributed by atoms with Gasteiger partial charge in [0.1, 0.15) is 0 Å². The summed E-state index contributed by atoms with van der Waals surface area (Å²) in [6, 6.07) is 4.16. The van der Waals surface area contributed by atoms with Crippen molar-refractivity contribution in [2.75, 3.05) is 6.54 Å². The van der Waals surface area contributed by atoms with Crippen LogP contribution in [0.1, 0.15) is 37.5 Å². The maximum Gasteiger partial charge on any atom is 0.416 e. The van der Waals surface area contributed by atoms with E-state index in [1.54, 1.807) is 6.07 Å². The molecule has 2 nitrogen and oxygen atoms in total. The molecule has 1 aromatic rings. The van der Waals surface area contributed by atoms with E-state index >= 15 is 0 Å². The smallest absolute Gasteiger partial charge is 0.242 e. The molecule has 1 N–H and O–H groups in total. The SMILES string of the molecule is Cc1c(CCNS(=O)C(C)(C)C)cccc1C(F)(F)F. The topological polar surface area (TPSA) is 29.1 Å². The van der Waals surface area contributed by atoms with Gasteiger partial charge in [-0.1, -0.05) is 12.1 Å². The molecule has 0 radical (unpaired) electrons. The van der Waals surface area contributed by atoms with E-state index < -0.39 is 22.7 Å². The normalized spacial score (nSPS) is 14.3. The van der Waals surface area contributed by atoms with Crippen molar-refractivity contribution >= 4 is 11.0 Å². The third-order valence-corrected chi connectivity index (χ3v) is 4.51. The van der Waals surface area contributed by atoms with Gasteiger partial charge in [-0.05, 0) is 51.3 Å². The van der Waals surface area contributed by atoms with Crippen LogP contribution in [-0.2, 0) is 23.6 Å². The number of rotatable bonds is 4. The Bertz CT molecular complexity index is 492. The third-order valence-electron chi connectivity index (χ3n) is 2.94. The van der Waals surface area contributed by atoms with Crippen LogP contribution in [0.5, 0.6) is 0 Å². The fraction of sp³-hybridized carbons (Fsp3) is 0.571. The van der Waals surface area contributed by atoms with Gasteiger partial charge in [0.25, 0.3) is 0 Å². The summed E-state index contributed by atoms with van der Waals surface area (Å²) in [5, 5.41) is 0. The van der Waals surface area contributed by atoms with Gasteiger partial charge in [-0.15, -0.1) is 0 Å². The van der Waals surface area contributed by atoms with Gasteiger partial charge in [-0.3, -0.25) is 0 Å². The van der Waals surface area contributed by atoms with Crippen molar-refractivity contribution in [1.29, 1.82) is 0 Å². The molecular weight excluding hydrogens is 287 g/mol. The molecular formula is C14H20F3NOS. The average Bonchev–Trinajstić information content (AvgIpc) is 2.28. The fourth-order valence-corrected chi connectivity index (χ4v) is 2.48. The first kappa shape index (κ1) is 17.2. The largest absolute Gasteiger partial charge is 0.416 e. The predicted molar refractivity (Wildman–Crippen MR) is 75.8 cm³/mol. The van der Waals surface area contributed by atoms with Crippen LogP contribution >= 0.6 is 0 Å². The molecule has 0 heterocycles. The van der Waals surface area contributed by atoms with Gasteiger partial charge in [0.05, 0.1) is 21.3 Å². The highest BCUT2D eigenvalue weighted by atomic mass is 32.2. The summed E-state index contributed by atoms with van der Waals surface area (Å²) in [4.78, 5) is 0. The molecule has 0 spiro atoms. The van der Waals surface area contributed by atoms with Crippen LogP contribution < -0.4 is 4.72 Å². The minimum atomic E-state index is -4.33. The standard InChI is InChI=1S/C14H20F3NOS/c1-10-11(6-5-7-12(10)14(15,16)17)8-9-18-20(19)13(2,3)4/h5-7,18H,8-9H2,1-4H3. The molecule has 1 unspecified atom stereocenters. The van der Waals surface area contributed by atoms with Crippen molar-refractivity contribution in [3.63, 3.8) is 0 Å². The number of hydrogen-bond donors (Lipinski definition) is 1. The van der Waals surface area contributed by atoms with Crippen LogP contribution in [0.25, 0.3) is 0 Å². The Labute approximate surface area is 120 Å². The fourth-order valence-electron chi connectivity index (χ4n) is 1.76. The zero-order valence-electron chi connectivity index (χ0n) is 12.1. The number of benzene rings is 1. The first-order chi connectivity index (χ1) is 9.03. The third kappa shape index (κ3) is 4.59. The van der Waals surface area contributed by atoms with Gasteiger partial charge in [-0.25, -0.2) is 8.93 Å². The maximum atomic E-state index is 12.8. The summed E-state index contributed by atoms with van der Waals surface area (Å²) in [7, 11) is -1.21. The lowest BCUT2D eigenvalue weighted by molar-refractivity contribution is -0.138. The molecule has 0 aliphatic rings. The van der Waals surface area contributed by atoms with E-state index in [0.717, 1.165) is 6.07 Å². The van der Waals surface area contributed by atoms with Crippen LogP contribution in [0.3, 0.4) is 0 Å². The molecule has 6 heteroatoms. The van der Waals surface area contributed by atoms with Gasteiger partial charge >= 0.3 is 6.18 Å². The Hall–Kier alpha value is -0.880. The summed E-state index contributed by atoms with van der Waals surface area (Å²) in [5.41, 5.74) is 0.258. The Kier molecular flexibility index (Phi) is 5.38. The first-order valence-corrected chi connectivity index (χ1v) is 7.49. The molecule has 0 aliphatic carbocycles. The van der Waals surface area contributed by atoms with E-state index in [-0.39, 0.29) is 10.3 Å². The number of nitrogens with one attached hydrogen (secondary N) is 1. The van der Waals surface area contributed by atoms with Crippen molar-refractivity contribution in [2.24, 2.45) is 0 Å². The van der Waals surface area contributed by atoms with Crippen LogP contribution in [0.15, 0.2) is 18.2 Å². The minimum Gasteiger partial charge on any atom is -0.242 e. The quantitative estimate of drug-likeness (QED) is 0.904. The van der Waals surface area contributed by atoms with Crippen LogP contribution in [0, 0.1) is 6.92 Å². The summed E-state index contributed by atoms with van der Waals surface area (Å²) in [6.07, 6.45) is -3.92. The molecule has 114 valence electrons. The Balaban J connectivity index is 2.73. The minimum absolute atomic E-state index is 0.239. The van der Waals surface area contributed by atoms with E-state index in [9.17, 15) is 17.4 Å². The number of alkyl halides is 3. The van der Waals surface area contributed by atoms with Crippen LogP contribution in [0.2, 0.25) is 0 Å². The lowest BCUT2D eigenvalue weighted by Crippen LogP contribution is -2.34. The Morgan fingerprint density at radius 3 is 2.30 bits per heavy atom. The molecule has 1 aromatic carbocycles. The second-order valence-corrected chi connectivity index (χ2v) is 7.66. The predicted octanol–water partition coefficient (Wildman–Crippen LogP) is 3.61. The van der Waals surface area contributed by atoms with Crippen molar-refractivity contribution in [2.45, 2.75) is 45.0 Å². The summed E-state index contributed by atoms with van der Waals surface area (Å²) >= 11 is 0. The van der Waals surface area contributed by atoms with Gasteiger partial charge in [0.2, 0.25) is 0 Å². The van der Waals surface area contributed by atoms with Crippen molar-refractivity contribution in [3.8, 4) is 0 Å². The average molecular weight is 307 g/mol. The van der Waals surface area contributed by atoms with Gasteiger partial charge in [0.15, 0.2) is 0 Å². The molecule has 0 aliphatic heterocycles.